The molecule has 0 radical (unpaired) electrons. The third-order valence-electron chi connectivity index (χ3n) is 2.81. The zero-order chi connectivity index (χ0) is 15.0. The Bertz CT molecular complexity index is 828. The Hall–Kier alpha value is -1.99. The molecule has 0 fully saturated rings. The minimum atomic E-state index is -0.495. The molecule has 2 aromatic heterocycles. The van der Waals surface area contributed by atoms with E-state index in [0.717, 1.165) is 6.07 Å². The Morgan fingerprint density at radius 2 is 2.19 bits per heavy atom. The number of hydrogen-bond donors (Lipinski definition) is 1. The number of carbonyl (C=O) groups excluding carboxylic acids is 1. The summed E-state index contributed by atoms with van der Waals surface area (Å²) >= 11 is 9.11. The fourth-order valence-electron chi connectivity index (χ4n) is 1.85. The molecule has 0 bridgehead atoms. The van der Waals surface area contributed by atoms with Crippen LogP contribution >= 0.6 is 27.5 Å². The molecule has 21 heavy (non-hydrogen) atoms. The lowest BCUT2D eigenvalue weighted by molar-refractivity contribution is 0.102. The molecule has 0 aliphatic rings. The van der Waals surface area contributed by atoms with Gasteiger partial charge in [0.25, 0.3) is 5.91 Å². The normalized spacial score (nSPS) is 10.8. The highest BCUT2D eigenvalue weighted by Gasteiger charge is 2.16. The van der Waals surface area contributed by atoms with Crippen molar-refractivity contribution in [3.05, 3.63) is 57.8 Å². The van der Waals surface area contributed by atoms with E-state index in [1.54, 1.807) is 12.4 Å². The summed E-state index contributed by atoms with van der Waals surface area (Å²) in [5.74, 6) is -0.905. The monoisotopic (exact) mass is 368 g/mol. The second-order valence-electron chi connectivity index (χ2n) is 4.16. The number of anilines is 1. The third kappa shape index (κ3) is 2.62. The van der Waals surface area contributed by atoms with Gasteiger partial charge < -0.3 is 5.32 Å². The molecule has 2 heterocycles. The lowest BCUT2D eigenvalue weighted by Crippen LogP contribution is -2.12. The summed E-state index contributed by atoms with van der Waals surface area (Å²) in [6.45, 7) is 0. The molecule has 1 aromatic carbocycles. The van der Waals surface area contributed by atoms with Gasteiger partial charge in [0.2, 0.25) is 0 Å². The zero-order valence-electron chi connectivity index (χ0n) is 10.3. The van der Waals surface area contributed by atoms with Crippen molar-refractivity contribution in [1.29, 1.82) is 0 Å². The maximum atomic E-state index is 13.2. The Morgan fingerprint density at radius 3 is 2.95 bits per heavy atom. The smallest absolute Gasteiger partial charge is 0.259 e. The fourth-order valence-corrected chi connectivity index (χ4v) is 2.75. The molecule has 1 N–H and O–H groups in total. The topological polar surface area (TPSA) is 59.3 Å². The summed E-state index contributed by atoms with van der Waals surface area (Å²) in [4.78, 5) is 16.3. The molecular weight excluding hydrogens is 363 g/mol. The van der Waals surface area contributed by atoms with Gasteiger partial charge in [0.15, 0.2) is 0 Å². The molecule has 0 saturated heterocycles. The van der Waals surface area contributed by atoms with Crippen molar-refractivity contribution in [1.82, 2.24) is 14.6 Å². The molecule has 3 aromatic rings. The second kappa shape index (κ2) is 5.42. The summed E-state index contributed by atoms with van der Waals surface area (Å²) < 4.78 is 15.1. The van der Waals surface area contributed by atoms with E-state index in [4.69, 9.17) is 11.6 Å². The molecular formula is C13H7BrClFN4O. The first kappa shape index (κ1) is 14.0. The van der Waals surface area contributed by atoms with Gasteiger partial charge in [-0.1, -0.05) is 11.6 Å². The number of nitrogens with zero attached hydrogens (tertiary/aromatic N) is 3. The van der Waals surface area contributed by atoms with E-state index in [-0.39, 0.29) is 5.02 Å². The summed E-state index contributed by atoms with van der Waals surface area (Å²) in [5, 5.41) is 6.79. The number of carbonyl (C=O) groups is 1. The highest BCUT2D eigenvalue weighted by molar-refractivity contribution is 9.10. The molecule has 0 aliphatic heterocycles. The largest absolute Gasteiger partial charge is 0.320 e. The van der Waals surface area contributed by atoms with Crippen molar-refractivity contribution in [3.63, 3.8) is 0 Å². The zero-order valence-corrected chi connectivity index (χ0v) is 12.7. The number of benzene rings is 1. The van der Waals surface area contributed by atoms with E-state index < -0.39 is 11.7 Å². The van der Waals surface area contributed by atoms with Crippen molar-refractivity contribution >= 4 is 44.6 Å². The number of nitrogens with one attached hydrogen (secondary N) is 1. The van der Waals surface area contributed by atoms with Crippen LogP contribution < -0.4 is 5.32 Å². The van der Waals surface area contributed by atoms with E-state index >= 15 is 0 Å². The summed E-state index contributed by atoms with van der Waals surface area (Å²) in [7, 11) is 0. The van der Waals surface area contributed by atoms with Crippen LogP contribution in [-0.2, 0) is 0 Å². The first-order chi connectivity index (χ1) is 10.1. The average molecular weight is 370 g/mol. The molecule has 3 rings (SSSR count). The highest BCUT2D eigenvalue weighted by Crippen LogP contribution is 2.32. The molecule has 1 amide bonds. The molecule has 0 unspecified atom stereocenters. The van der Waals surface area contributed by atoms with Gasteiger partial charge in [-0.05, 0) is 28.1 Å². The van der Waals surface area contributed by atoms with Crippen LogP contribution in [-0.4, -0.2) is 20.5 Å². The minimum absolute atomic E-state index is 0.102. The lowest BCUT2D eigenvalue weighted by Gasteiger charge is -2.09. The van der Waals surface area contributed by atoms with Crippen LogP contribution in [0.25, 0.3) is 5.52 Å². The number of amides is 1. The maximum Gasteiger partial charge on any atom is 0.259 e. The van der Waals surface area contributed by atoms with Gasteiger partial charge in [-0.3, -0.25) is 9.78 Å². The number of hydrogen-bond acceptors (Lipinski definition) is 3. The summed E-state index contributed by atoms with van der Waals surface area (Å²) in [6.07, 6.45) is 6.16. The molecule has 0 aliphatic carbocycles. The van der Waals surface area contributed by atoms with Gasteiger partial charge in [0.05, 0.1) is 34.2 Å². The second-order valence-corrected chi connectivity index (χ2v) is 5.42. The Labute approximate surface area is 131 Å². The first-order valence-electron chi connectivity index (χ1n) is 5.79. The average Bonchev–Trinajstić information content (AvgIpc) is 2.86. The summed E-state index contributed by atoms with van der Waals surface area (Å²) in [5.41, 5.74) is 1.20. The van der Waals surface area contributed by atoms with Gasteiger partial charge in [-0.15, -0.1) is 0 Å². The van der Waals surface area contributed by atoms with Crippen LogP contribution in [0.5, 0.6) is 0 Å². The van der Waals surface area contributed by atoms with E-state index in [1.807, 2.05) is 0 Å². The van der Waals surface area contributed by atoms with Crippen LogP contribution in [0.2, 0.25) is 5.02 Å². The Morgan fingerprint density at radius 1 is 1.38 bits per heavy atom. The predicted octanol–water partition coefficient (Wildman–Crippen LogP) is 3.54. The van der Waals surface area contributed by atoms with Crippen molar-refractivity contribution in [2.75, 3.05) is 5.32 Å². The van der Waals surface area contributed by atoms with E-state index in [1.165, 1.54) is 23.0 Å². The highest BCUT2D eigenvalue weighted by atomic mass is 79.9. The van der Waals surface area contributed by atoms with Crippen LogP contribution in [0.1, 0.15) is 10.4 Å². The molecule has 8 heteroatoms. The van der Waals surface area contributed by atoms with Gasteiger partial charge in [0.1, 0.15) is 5.82 Å². The number of halogens is 3. The Balaban J connectivity index is 1.97. The number of aromatic nitrogens is 3. The van der Waals surface area contributed by atoms with Gasteiger partial charge >= 0.3 is 0 Å². The van der Waals surface area contributed by atoms with Crippen LogP contribution in [0.15, 0.2) is 41.4 Å². The standard InChI is InChI=1S/C13H7BrClFN4O/c14-9-3-7(16)4-10(15)12(9)19-13(21)8-5-18-20-2-1-17-6-11(8)20/h1-6H,(H,19,21). The van der Waals surface area contributed by atoms with Crippen molar-refractivity contribution < 1.29 is 9.18 Å². The maximum absolute atomic E-state index is 13.2. The predicted molar refractivity (Wildman–Crippen MR) is 80.1 cm³/mol. The number of rotatable bonds is 2. The van der Waals surface area contributed by atoms with Crippen LogP contribution in [0.3, 0.4) is 0 Å². The Kier molecular flexibility index (Phi) is 3.60. The molecule has 5 nitrogen and oxygen atoms in total. The van der Waals surface area contributed by atoms with Crippen LogP contribution in [0, 0.1) is 5.82 Å². The third-order valence-corrected chi connectivity index (χ3v) is 3.74. The van der Waals surface area contributed by atoms with Crippen molar-refractivity contribution in [2.45, 2.75) is 0 Å². The van der Waals surface area contributed by atoms with Gasteiger partial charge in [-0.25, -0.2) is 8.91 Å². The first-order valence-corrected chi connectivity index (χ1v) is 6.96. The van der Waals surface area contributed by atoms with E-state index in [0.29, 0.717) is 21.2 Å². The molecule has 0 spiro atoms. The lowest BCUT2D eigenvalue weighted by atomic mass is 10.2. The van der Waals surface area contributed by atoms with Crippen molar-refractivity contribution in [3.8, 4) is 0 Å². The molecule has 0 saturated carbocycles. The van der Waals surface area contributed by atoms with Crippen molar-refractivity contribution in [2.24, 2.45) is 0 Å². The molecule has 106 valence electrons. The minimum Gasteiger partial charge on any atom is -0.320 e. The van der Waals surface area contributed by atoms with E-state index in [9.17, 15) is 9.18 Å². The van der Waals surface area contributed by atoms with Gasteiger partial charge in [0, 0.05) is 16.9 Å². The number of fused-ring (bicyclic) bond motifs is 1. The van der Waals surface area contributed by atoms with Crippen LogP contribution in [0.4, 0.5) is 10.1 Å². The SMILES string of the molecule is O=C(Nc1c(Cl)cc(F)cc1Br)c1cnn2ccncc12. The van der Waals surface area contributed by atoms with Gasteiger partial charge in [-0.2, -0.15) is 5.10 Å². The summed E-state index contributed by atoms with van der Waals surface area (Å²) in [6, 6.07) is 2.35. The van der Waals surface area contributed by atoms with E-state index in [2.05, 4.69) is 31.3 Å². The fraction of sp³-hybridized carbons (Fsp3) is 0. The molecule has 0 atom stereocenters. The quantitative estimate of drug-likeness (QED) is 0.752.